The van der Waals surface area contributed by atoms with Crippen LogP contribution in [0.25, 0.3) is 0 Å². The normalized spacial score (nSPS) is 14.3. The minimum absolute atomic E-state index is 0.154. The minimum atomic E-state index is 0.154. The van der Waals surface area contributed by atoms with Gasteiger partial charge in [-0.05, 0) is 41.8 Å². The summed E-state index contributed by atoms with van der Waals surface area (Å²) in [6.07, 6.45) is 4.83. The van der Waals surface area contributed by atoms with Gasteiger partial charge in [-0.2, -0.15) is 0 Å². The van der Waals surface area contributed by atoms with E-state index in [9.17, 15) is 4.79 Å². The third-order valence-electron chi connectivity index (χ3n) is 3.37. The van der Waals surface area contributed by atoms with Crippen LogP contribution in [0.15, 0.2) is 42.7 Å². The van der Waals surface area contributed by atoms with Crippen LogP contribution in [0.5, 0.6) is 0 Å². The van der Waals surface area contributed by atoms with E-state index in [-0.39, 0.29) is 5.91 Å². The quantitative estimate of drug-likeness (QED) is 0.834. The van der Waals surface area contributed by atoms with Crippen molar-refractivity contribution in [2.24, 2.45) is 0 Å². The lowest BCUT2D eigenvalue weighted by Crippen LogP contribution is -2.34. The highest BCUT2D eigenvalue weighted by molar-refractivity contribution is 5.96. The lowest BCUT2D eigenvalue weighted by molar-refractivity contribution is -0.119. The number of carbonyl (C=O) groups is 1. The lowest BCUT2D eigenvalue weighted by Gasteiger charge is -2.29. The van der Waals surface area contributed by atoms with Crippen LogP contribution < -0.4 is 10.6 Å². The van der Waals surface area contributed by atoms with Gasteiger partial charge in [-0.3, -0.25) is 9.78 Å². The van der Waals surface area contributed by atoms with Gasteiger partial charge in [-0.15, -0.1) is 0 Å². The maximum absolute atomic E-state index is 12.1. The molecule has 3 rings (SSSR count). The van der Waals surface area contributed by atoms with E-state index in [1.165, 1.54) is 0 Å². The van der Waals surface area contributed by atoms with Gasteiger partial charge in [-0.1, -0.05) is 6.07 Å². The third kappa shape index (κ3) is 2.29. The maximum atomic E-state index is 12.1. The van der Waals surface area contributed by atoms with Gasteiger partial charge in [-0.25, -0.2) is 0 Å². The fraction of sp³-hybridized carbons (Fsp3) is 0.200. The Morgan fingerprint density at radius 2 is 2.16 bits per heavy atom. The van der Waals surface area contributed by atoms with Crippen LogP contribution in [-0.4, -0.2) is 10.9 Å². The molecule has 0 saturated heterocycles. The summed E-state index contributed by atoms with van der Waals surface area (Å²) >= 11 is 0. The average Bonchev–Trinajstić information content (AvgIpc) is 2.43. The number of nitrogens with zero attached hydrogens (tertiary/aromatic N) is 2. The first-order chi connectivity index (χ1) is 9.24. The number of fused-ring (bicyclic) bond motifs is 1. The van der Waals surface area contributed by atoms with Gasteiger partial charge in [0.1, 0.15) is 0 Å². The molecule has 0 saturated carbocycles. The Morgan fingerprint density at radius 3 is 2.95 bits per heavy atom. The summed E-state index contributed by atoms with van der Waals surface area (Å²) in [5, 5.41) is 0. The molecular formula is C15H15N3O. The van der Waals surface area contributed by atoms with Gasteiger partial charge in [0.2, 0.25) is 5.91 Å². The number of rotatable bonds is 2. The lowest BCUT2D eigenvalue weighted by atomic mass is 10.00. The largest absolute Gasteiger partial charge is 0.399 e. The fourth-order valence-electron chi connectivity index (χ4n) is 2.43. The Hall–Kier alpha value is -2.36. The van der Waals surface area contributed by atoms with Crippen LogP contribution in [0, 0.1) is 0 Å². The number of hydrogen-bond donors (Lipinski definition) is 1. The zero-order chi connectivity index (χ0) is 13.2. The van der Waals surface area contributed by atoms with Crippen LogP contribution >= 0.6 is 0 Å². The zero-order valence-electron chi connectivity index (χ0n) is 10.5. The van der Waals surface area contributed by atoms with Crippen molar-refractivity contribution in [2.75, 3.05) is 10.6 Å². The van der Waals surface area contributed by atoms with Crippen molar-refractivity contribution in [3.8, 4) is 0 Å². The Kier molecular flexibility index (Phi) is 2.91. The number of nitrogens with two attached hydrogens (primary N) is 1. The molecule has 0 atom stereocenters. The summed E-state index contributed by atoms with van der Waals surface area (Å²) < 4.78 is 0. The van der Waals surface area contributed by atoms with Crippen LogP contribution in [0.4, 0.5) is 11.4 Å². The number of hydrogen-bond acceptors (Lipinski definition) is 3. The Balaban J connectivity index is 1.95. The van der Waals surface area contributed by atoms with Gasteiger partial charge in [0.15, 0.2) is 0 Å². The molecule has 1 aliphatic heterocycles. The van der Waals surface area contributed by atoms with E-state index in [0.29, 0.717) is 13.0 Å². The summed E-state index contributed by atoms with van der Waals surface area (Å²) in [5.74, 6) is 0.154. The summed E-state index contributed by atoms with van der Waals surface area (Å²) in [5.41, 5.74) is 9.68. The molecule has 4 nitrogen and oxygen atoms in total. The van der Waals surface area contributed by atoms with Gasteiger partial charge in [0, 0.05) is 30.2 Å². The van der Waals surface area contributed by atoms with Crippen molar-refractivity contribution in [1.82, 2.24) is 4.98 Å². The number of carbonyl (C=O) groups excluding carboxylic acids is 1. The summed E-state index contributed by atoms with van der Waals surface area (Å²) in [4.78, 5) is 18.0. The molecule has 0 unspecified atom stereocenters. The molecule has 2 heterocycles. The molecule has 1 aliphatic rings. The number of amides is 1. The highest BCUT2D eigenvalue weighted by atomic mass is 16.2. The first-order valence-corrected chi connectivity index (χ1v) is 6.32. The molecule has 1 aromatic carbocycles. The highest BCUT2D eigenvalue weighted by Gasteiger charge is 2.24. The standard InChI is InChI=1S/C15H15N3O/c16-13-4-5-14-12(8-13)3-6-15(19)18(14)10-11-2-1-7-17-9-11/h1-2,4-5,7-9H,3,6,10,16H2. The predicted molar refractivity (Wildman–Crippen MR) is 74.6 cm³/mol. The van der Waals surface area contributed by atoms with Crippen LogP contribution in [0.2, 0.25) is 0 Å². The second kappa shape index (κ2) is 4.72. The second-order valence-corrected chi connectivity index (χ2v) is 4.73. The molecule has 96 valence electrons. The first-order valence-electron chi connectivity index (χ1n) is 6.32. The smallest absolute Gasteiger partial charge is 0.227 e. The van der Waals surface area contributed by atoms with Crippen LogP contribution in [-0.2, 0) is 17.8 Å². The first kappa shape index (κ1) is 11.7. The van der Waals surface area contributed by atoms with Crippen molar-refractivity contribution in [3.05, 3.63) is 53.9 Å². The highest BCUT2D eigenvalue weighted by Crippen LogP contribution is 2.30. The molecule has 0 radical (unpaired) electrons. The Bertz CT molecular complexity index is 610. The van der Waals surface area contributed by atoms with E-state index in [1.54, 1.807) is 12.4 Å². The summed E-state index contributed by atoms with van der Waals surface area (Å²) in [6, 6.07) is 9.59. The number of benzene rings is 1. The van der Waals surface area contributed by atoms with E-state index in [2.05, 4.69) is 4.98 Å². The number of aromatic nitrogens is 1. The van der Waals surface area contributed by atoms with Crippen molar-refractivity contribution in [2.45, 2.75) is 19.4 Å². The number of anilines is 2. The van der Waals surface area contributed by atoms with Crippen LogP contribution in [0.1, 0.15) is 17.5 Å². The van der Waals surface area contributed by atoms with Gasteiger partial charge in [0.05, 0.1) is 6.54 Å². The fourth-order valence-corrected chi connectivity index (χ4v) is 2.43. The van der Waals surface area contributed by atoms with Gasteiger partial charge >= 0.3 is 0 Å². The monoisotopic (exact) mass is 253 g/mol. The SMILES string of the molecule is Nc1ccc2c(c1)CCC(=O)N2Cc1cccnc1. The molecule has 0 fully saturated rings. The van der Waals surface area contributed by atoms with Crippen molar-refractivity contribution < 1.29 is 4.79 Å². The van der Waals surface area contributed by atoms with E-state index in [0.717, 1.165) is 28.9 Å². The van der Waals surface area contributed by atoms with Crippen LogP contribution in [0.3, 0.4) is 0 Å². The molecule has 0 spiro atoms. The molecule has 0 aliphatic carbocycles. The second-order valence-electron chi connectivity index (χ2n) is 4.73. The van der Waals surface area contributed by atoms with Crippen molar-refractivity contribution >= 4 is 17.3 Å². The molecule has 0 bridgehead atoms. The average molecular weight is 253 g/mol. The van der Waals surface area contributed by atoms with E-state index in [4.69, 9.17) is 5.73 Å². The van der Waals surface area contributed by atoms with E-state index >= 15 is 0 Å². The van der Waals surface area contributed by atoms with E-state index < -0.39 is 0 Å². The molecule has 4 heteroatoms. The zero-order valence-corrected chi connectivity index (χ0v) is 10.5. The predicted octanol–water partition coefficient (Wildman–Crippen LogP) is 2.14. The Morgan fingerprint density at radius 1 is 1.26 bits per heavy atom. The number of nitrogen functional groups attached to an aromatic ring is 1. The molecule has 1 amide bonds. The van der Waals surface area contributed by atoms with E-state index in [1.807, 2.05) is 35.2 Å². The Labute approximate surface area is 111 Å². The summed E-state index contributed by atoms with van der Waals surface area (Å²) in [6.45, 7) is 0.559. The molecular weight excluding hydrogens is 238 g/mol. The number of aryl methyl sites for hydroxylation is 1. The van der Waals surface area contributed by atoms with Crippen molar-refractivity contribution in [3.63, 3.8) is 0 Å². The molecule has 2 aromatic rings. The van der Waals surface area contributed by atoms with Gasteiger partial charge in [0.25, 0.3) is 0 Å². The maximum Gasteiger partial charge on any atom is 0.227 e. The molecule has 2 N–H and O–H groups in total. The summed E-state index contributed by atoms with van der Waals surface area (Å²) in [7, 11) is 0. The topological polar surface area (TPSA) is 59.2 Å². The van der Waals surface area contributed by atoms with Gasteiger partial charge < -0.3 is 10.6 Å². The molecule has 19 heavy (non-hydrogen) atoms. The molecule has 1 aromatic heterocycles. The minimum Gasteiger partial charge on any atom is -0.399 e. The van der Waals surface area contributed by atoms with Crippen molar-refractivity contribution in [1.29, 1.82) is 0 Å². The number of pyridine rings is 1. The third-order valence-corrected chi connectivity index (χ3v) is 3.37.